The molecule has 0 bridgehead atoms. The summed E-state index contributed by atoms with van der Waals surface area (Å²) in [6, 6.07) is 6.37. The van der Waals surface area contributed by atoms with Crippen LogP contribution >= 0.6 is 0 Å². The van der Waals surface area contributed by atoms with E-state index in [2.05, 4.69) is 5.32 Å². The largest absolute Gasteiger partial charge is 0.497 e. The van der Waals surface area contributed by atoms with Gasteiger partial charge in [-0.05, 0) is 31.0 Å². The van der Waals surface area contributed by atoms with Gasteiger partial charge in [-0.3, -0.25) is 14.5 Å². The predicted octanol–water partition coefficient (Wildman–Crippen LogP) is 1.72. The van der Waals surface area contributed by atoms with Crippen LogP contribution in [0.15, 0.2) is 24.3 Å². The minimum Gasteiger partial charge on any atom is -0.497 e. The zero-order valence-corrected chi connectivity index (χ0v) is 15.2. The molecule has 136 valence electrons. The highest BCUT2D eigenvalue weighted by Gasteiger charge is 2.49. The van der Waals surface area contributed by atoms with Crippen LogP contribution in [0, 0.1) is 0 Å². The van der Waals surface area contributed by atoms with Crippen molar-refractivity contribution in [1.82, 2.24) is 15.1 Å². The van der Waals surface area contributed by atoms with Crippen molar-refractivity contribution in [2.24, 2.45) is 0 Å². The van der Waals surface area contributed by atoms with Crippen LogP contribution in [-0.4, -0.2) is 54.9 Å². The smallest absolute Gasteiger partial charge is 0.325 e. The second-order valence-electron chi connectivity index (χ2n) is 6.34. The predicted molar refractivity (Wildman–Crippen MR) is 93.1 cm³/mol. The van der Waals surface area contributed by atoms with Gasteiger partial charge in [-0.1, -0.05) is 25.5 Å². The molecule has 1 saturated heterocycles. The van der Waals surface area contributed by atoms with Crippen molar-refractivity contribution in [1.29, 1.82) is 0 Å². The lowest BCUT2D eigenvalue weighted by molar-refractivity contribution is -0.138. The zero-order valence-electron chi connectivity index (χ0n) is 15.2. The van der Waals surface area contributed by atoms with E-state index in [1.165, 1.54) is 0 Å². The summed E-state index contributed by atoms with van der Waals surface area (Å²) < 4.78 is 5.11. The number of nitrogens with zero attached hydrogens (tertiary/aromatic N) is 2. The van der Waals surface area contributed by atoms with Crippen LogP contribution in [0.5, 0.6) is 5.75 Å². The van der Waals surface area contributed by atoms with Gasteiger partial charge in [-0.15, -0.1) is 0 Å². The van der Waals surface area contributed by atoms with Crippen LogP contribution in [0.1, 0.15) is 32.3 Å². The highest BCUT2D eigenvalue weighted by molar-refractivity contribution is 6.09. The molecule has 1 heterocycles. The molecule has 1 aliphatic rings. The van der Waals surface area contributed by atoms with E-state index in [4.69, 9.17) is 4.74 Å². The fourth-order valence-electron chi connectivity index (χ4n) is 2.74. The van der Waals surface area contributed by atoms with Crippen molar-refractivity contribution in [3.63, 3.8) is 0 Å². The minimum atomic E-state index is -1.19. The summed E-state index contributed by atoms with van der Waals surface area (Å²) in [4.78, 5) is 39.9. The van der Waals surface area contributed by atoms with Gasteiger partial charge in [0, 0.05) is 13.6 Å². The Morgan fingerprint density at radius 1 is 1.28 bits per heavy atom. The van der Waals surface area contributed by atoms with Gasteiger partial charge in [0.25, 0.3) is 5.91 Å². The number of carbonyl (C=O) groups is 3. The van der Waals surface area contributed by atoms with E-state index in [-0.39, 0.29) is 12.5 Å². The van der Waals surface area contributed by atoms with Gasteiger partial charge in [-0.2, -0.15) is 0 Å². The Labute approximate surface area is 147 Å². The number of carbonyl (C=O) groups excluding carboxylic acids is 3. The van der Waals surface area contributed by atoms with E-state index < -0.39 is 17.5 Å². The van der Waals surface area contributed by atoms with Gasteiger partial charge >= 0.3 is 6.03 Å². The first-order valence-electron chi connectivity index (χ1n) is 8.36. The fraction of sp³-hybridized carbons (Fsp3) is 0.500. The first kappa shape index (κ1) is 18.8. The Kier molecular flexibility index (Phi) is 5.66. The number of likely N-dealkylation sites (N-methyl/N-ethyl adjacent to an activating group) is 1. The molecule has 1 aromatic carbocycles. The van der Waals surface area contributed by atoms with Gasteiger partial charge in [0.15, 0.2) is 0 Å². The summed E-state index contributed by atoms with van der Waals surface area (Å²) in [6.45, 7) is 4.03. The summed E-state index contributed by atoms with van der Waals surface area (Å²) in [6.07, 6.45) is 1.85. The Hall–Kier alpha value is -2.57. The third-order valence-electron chi connectivity index (χ3n) is 4.51. The summed E-state index contributed by atoms with van der Waals surface area (Å²) in [7, 11) is 3.24. The highest BCUT2D eigenvalue weighted by atomic mass is 16.5. The van der Waals surface area contributed by atoms with Crippen LogP contribution in [0.2, 0.25) is 0 Å². The topological polar surface area (TPSA) is 79.0 Å². The molecule has 7 heteroatoms. The quantitative estimate of drug-likeness (QED) is 0.762. The van der Waals surface area contributed by atoms with Gasteiger partial charge in [-0.25, -0.2) is 4.79 Å². The SMILES string of the molecule is CCCCN(C)C(=O)CN1C(=O)NC(C)(c2ccc(OC)cc2)C1=O. The maximum absolute atomic E-state index is 12.8. The first-order valence-corrected chi connectivity index (χ1v) is 8.36. The molecule has 1 fully saturated rings. The molecule has 1 atom stereocenters. The van der Waals surface area contributed by atoms with Crippen molar-refractivity contribution < 1.29 is 19.1 Å². The van der Waals surface area contributed by atoms with Gasteiger partial charge in [0.2, 0.25) is 5.91 Å². The lowest BCUT2D eigenvalue weighted by Crippen LogP contribution is -2.43. The third-order valence-corrected chi connectivity index (χ3v) is 4.51. The highest BCUT2D eigenvalue weighted by Crippen LogP contribution is 2.29. The molecule has 1 unspecified atom stereocenters. The molecular formula is C18H25N3O4. The monoisotopic (exact) mass is 347 g/mol. The molecule has 0 aliphatic carbocycles. The number of unbranched alkanes of at least 4 members (excludes halogenated alkanes) is 1. The second-order valence-corrected chi connectivity index (χ2v) is 6.34. The summed E-state index contributed by atoms with van der Waals surface area (Å²) >= 11 is 0. The van der Waals surface area contributed by atoms with Crippen molar-refractivity contribution in [2.45, 2.75) is 32.2 Å². The van der Waals surface area contributed by atoms with Crippen LogP contribution < -0.4 is 10.1 Å². The molecule has 2 rings (SSSR count). The Morgan fingerprint density at radius 2 is 1.92 bits per heavy atom. The maximum atomic E-state index is 12.8. The number of hydrogen-bond acceptors (Lipinski definition) is 4. The van der Waals surface area contributed by atoms with E-state index in [1.54, 1.807) is 50.2 Å². The average Bonchev–Trinajstić information content (AvgIpc) is 2.83. The fourth-order valence-corrected chi connectivity index (χ4v) is 2.74. The van der Waals surface area contributed by atoms with Crippen molar-refractivity contribution in [3.05, 3.63) is 29.8 Å². The number of rotatable bonds is 7. The Bertz CT molecular complexity index is 659. The standard InChI is InChI=1S/C18H25N3O4/c1-5-6-11-20(3)15(22)12-21-16(23)18(2,19-17(21)24)13-7-9-14(25-4)10-8-13/h7-10H,5-6,11-12H2,1-4H3,(H,19,24). The summed E-state index contributed by atoms with van der Waals surface area (Å²) in [5.41, 5.74) is -0.549. The van der Waals surface area contributed by atoms with Crippen molar-refractivity contribution in [2.75, 3.05) is 27.2 Å². The molecule has 0 aromatic heterocycles. The average molecular weight is 347 g/mol. The van der Waals surface area contributed by atoms with E-state index in [0.717, 1.165) is 17.7 Å². The van der Waals surface area contributed by atoms with Gasteiger partial charge in [0.05, 0.1) is 7.11 Å². The van der Waals surface area contributed by atoms with E-state index in [1.807, 2.05) is 6.92 Å². The number of hydrogen-bond donors (Lipinski definition) is 1. The van der Waals surface area contributed by atoms with Crippen LogP contribution in [0.4, 0.5) is 4.79 Å². The van der Waals surface area contributed by atoms with E-state index in [9.17, 15) is 14.4 Å². The number of amides is 4. The number of imide groups is 1. The van der Waals surface area contributed by atoms with Crippen LogP contribution in [-0.2, 0) is 15.1 Å². The molecule has 25 heavy (non-hydrogen) atoms. The summed E-state index contributed by atoms with van der Waals surface area (Å²) in [5.74, 6) is -0.0236. The van der Waals surface area contributed by atoms with E-state index in [0.29, 0.717) is 17.9 Å². The Morgan fingerprint density at radius 3 is 2.48 bits per heavy atom. The number of nitrogens with one attached hydrogen (secondary N) is 1. The third kappa shape index (κ3) is 3.75. The molecule has 0 radical (unpaired) electrons. The number of benzene rings is 1. The lowest BCUT2D eigenvalue weighted by atomic mass is 9.92. The second kappa shape index (κ2) is 7.55. The zero-order chi connectivity index (χ0) is 18.6. The number of urea groups is 1. The van der Waals surface area contributed by atoms with Crippen LogP contribution in [0.25, 0.3) is 0 Å². The van der Waals surface area contributed by atoms with Crippen molar-refractivity contribution in [3.8, 4) is 5.75 Å². The molecule has 1 aromatic rings. The Balaban J connectivity index is 2.14. The molecular weight excluding hydrogens is 322 g/mol. The minimum absolute atomic E-state index is 0.253. The maximum Gasteiger partial charge on any atom is 0.325 e. The van der Waals surface area contributed by atoms with Crippen LogP contribution in [0.3, 0.4) is 0 Å². The number of ether oxygens (including phenoxy) is 1. The molecule has 4 amide bonds. The van der Waals surface area contributed by atoms with E-state index >= 15 is 0 Å². The molecule has 1 N–H and O–H groups in total. The lowest BCUT2D eigenvalue weighted by Gasteiger charge is -2.23. The van der Waals surface area contributed by atoms with Gasteiger partial charge in [0.1, 0.15) is 17.8 Å². The molecule has 7 nitrogen and oxygen atoms in total. The van der Waals surface area contributed by atoms with Crippen molar-refractivity contribution >= 4 is 17.8 Å². The molecule has 0 saturated carbocycles. The first-order chi connectivity index (χ1) is 11.8. The molecule has 1 aliphatic heterocycles. The molecule has 0 spiro atoms. The van der Waals surface area contributed by atoms with Gasteiger partial charge < -0.3 is 15.0 Å². The number of methoxy groups -OCH3 is 1. The summed E-state index contributed by atoms with van der Waals surface area (Å²) in [5, 5.41) is 2.70. The normalized spacial score (nSPS) is 19.8.